The van der Waals surface area contributed by atoms with Gasteiger partial charge in [0, 0.05) is 12.8 Å². The van der Waals surface area contributed by atoms with Gasteiger partial charge in [-0.05, 0) is 38.7 Å². The lowest BCUT2D eigenvalue weighted by Gasteiger charge is -2.09. The maximum absolute atomic E-state index is 4.22. The van der Waals surface area contributed by atoms with Crippen LogP contribution in [-0.4, -0.2) is 12.8 Å². The van der Waals surface area contributed by atoms with Crippen molar-refractivity contribution in [1.82, 2.24) is 0 Å². The van der Waals surface area contributed by atoms with Gasteiger partial charge >= 0.3 is 0 Å². The number of unbranched alkanes of at least 4 members (excludes halogenated alkanes) is 1. The van der Waals surface area contributed by atoms with Crippen LogP contribution in [0.5, 0.6) is 0 Å². The maximum atomic E-state index is 4.22. The zero-order valence-electron chi connectivity index (χ0n) is 9.78. The van der Waals surface area contributed by atoms with Crippen molar-refractivity contribution in [2.45, 2.75) is 53.4 Å². The summed E-state index contributed by atoms with van der Waals surface area (Å²) in [5.41, 5.74) is 4.16. The Hall–Kier alpha value is -0.590. The first-order valence-electron chi connectivity index (χ1n) is 5.29. The van der Waals surface area contributed by atoms with Gasteiger partial charge in [-0.2, -0.15) is 0 Å². The van der Waals surface area contributed by atoms with Crippen LogP contribution in [0.1, 0.15) is 53.4 Å². The Labute approximate surface area is 83.0 Å². The summed E-state index contributed by atoms with van der Waals surface area (Å²) in [4.78, 5) is 4.22. The Kier molecular flexibility index (Phi) is 6.56. The largest absolute Gasteiger partial charge is 0.293 e. The zero-order chi connectivity index (χ0) is 10.3. The molecule has 0 atom stereocenters. The van der Waals surface area contributed by atoms with Crippen molar-refractivity contribution in [3.8, 4) is 0 Å². The van der Waals surface area contributed by atoms with Crippen LogP contribution < -0.4 is 0 Å². The van der Waals surface area contributed by atoms with Gasteiger partial charge in [-0.25, -0.2) is 0 Å². The van der Waals surface area contributed by atoms with Gasteiger partial charge in [-0.3, -0.25) is 4.99 Å². The van der Waals surface area contributed by atoms with Gasteiger partial charge in [-0.15, -0.1) is 0 Å². The molecule has 0 saturated heterocycles. The predicted molar refractivity (Wildman–Crippen MR) is 61.5 cm³/mol. The molecule has 1 heteroatoms. The van der Waals surface area contributed by atoms with Gasteiger partial charge in [0.05, 0.1) is 0 Å². The summed E-state index contributed by atoms with van der Waals surface area (Å²) >= 11 is 0. The van der Waals surface area contributed by atoms with Crippen LogP contribution in [0.2, 0.25) is 0 Å². The number of allylic oxidation sites excluding steroid dienone is 2. The lowest BCUT2D eigenvalue weighted by Crippen LogP contribution is -1.98. The third-order valence-electron chi connectivity index (χ3n) is 2.67. The van der Waals surface area contributed by atoms with Crippen molar-refractivity contribution >= 4 is 5.71 Å². The van der Waals surface area contributed by atoms with Crippen LogP contribution >= 0.6 is 0 Å². The number of aliphatic imine (C=N–C) groups is 1. The third kappa shape index (κ3) is 4.25. The van der Waals surface area contributed by atoms with Gasteiger partial charge in [0.25, 0.3) is 0 Å². The lowest BCUT2D eigenvalue weighted by atomic mass is 9.98. The van der Waals surface area contributed by atoms with E-state index in [9.17, 15) is 0 Å². The van der Waals surface area contributed by atoms with E-state index in [0.29, 0.717) is 0 Å². The van der Waals surface area contributed by atoms with Gasteiger partial charge in [0.15, 0.2) is 0 Å². The second kappa shape index (κ2) is 6.88. The molecule has 0 aliphatic heterocycles. The van der Waals surface area contributed by atoms with E-state index >= 15 is 0 Å². The molecule has 0 radical (unpaired) electrons. The standard InChI is InChI=1S/C12H23N/c1-6-8-9-12(7-2)10(3)11(4)13-5/h6-9H2,1-5H3/b12-10-,13-11?. The predicted octanol–water partition coefficient (Wildman–Crippen LogP) is 3.99. The quantitative estimate of drug-likeness (QED) is 0.569. The highest BCUT2D eigenvalue weighted by Gasteiger charge is 2.02. The molecule has 0 aliphatic carbocycles. The molecule has 0 saturated carbocycles. The highest BCUT2D eigenvalue weighted by Crippen LogP contribution is 2.17. The van der Waals surface area contributed by atoms with E-state index in [1.807, 2.05) is 7.05 Å². The summed E-state index contributed by atoms with van der Waals surface area (Å²) in [5, 5.41) is 0. The molecule has 0 aromatic rings. The van der Waals surface area contributed by atoms with Gasteiger partial charge in [0.2, 0.25) is 0 Å². The summed E-state index contributed by atoms with van der Waals surface area (Å²) in [7, 11) is 1.87. The highest BCUT2D eigenvalue weighted by atomic mass is 14.7. The third-order valence-corrected chi connectivity index (χ3v) is 2.67. The fraction of sp³-hybridized carbons (Fsp3) is 0.750. The molecule has 0 aromatic carbocycles. The van der Waals surface area contributed by atoms with Crippen molar-refractivity contribution in [2.24, 2.45) is 4.99 Å². The smallest absolute Gasteiger partial charge is 0.0342 e. The summed E-state index contributed by atoms with van der Waals surface area (Å²) in [6.07, 6.45) is 4.99. The first-order valence-corrected chi connectivity index (χ1v) is 5.29. The van der Waals surface area contributed by atoms with E-state index in [0.717, 1.165) is 0 Å². The Morgan fingerprint density at radius 2 is 1.77 bits per heavy atom. The van der Waals surface area contributed by atoms with Crippen molar-refractivity contribution in [3.05, 3.63) is 11.1 Å². The van der Waals surface area contributed by atoms with Crippen LogP contribution in [-0.2, 0) is 0 Å². The molecule has 13 heavy (non-hydrogen) atoms. The number of nitrogens with zero attached hydrogens (tertiary/aromatic N) is 1. The number of hydrogen-bond donors (Lipinski definition) is 0. The molecule has 0 amide bonds. The van der Waals surface area contributed by atoms with Crippen molar-refractivity contribution in [2.75, 3.05) is 7.05 Å². The normalized spacial score (nSPS) is 14.4. The fourth-order valence-corrected chi connectivity index (χ4v) is 1.44. The van der Waals surface area contributed by atoms with Gasteiger partial charge in [0.1, 0.15) is 0 Å². The monoisotopic (exact) mass is 181 g/mol. The number of hydrogen-bond acceptors (Lipinski definition) is 1. The molecule has 76 valence electrons. The van der Waals surface area contributed by atoms with Crippen molar-refractivity contribution < 1.29 is 0 Å². The fourth-order valence-electron chi connectivity index (χ4n) is 1.44. The first kappa shape index (κ1) is 12.4. The van der Waals surface area contributed by atoms with Gasteiger partial charge in [-0.1, -0.05) is 25.8 Å². The Morgan fingerprint density at radius 1 is 1.15 bits per heavy atom. The van der Waals surface area contributed by atoms with E-state index in [-0.39, 0.29) is 0 Å². The van der Waals surface area contributed by atoms with Crippen LogP contribution in [0.15, 0.2) is 16.1 Å². The molecule has 0 heterocycles. The average molecular weight is 181 g/mol. The molecule has 0 rings (SSSR count). The molecule has 0 fully saturated rings. The van der Waals surface area contributed by atoms with E-state index in [2.05, 4.69) is 32.7 Å². The van der Waals surface area contributed by atoms with E-state index in [4.69, 9.17) is 0 Å². The van der Waals surface area contributed by atoms with E-state index < -0.39 is 0 Å². The molecule has 1 nitrogen and oxygen atoms in total. The minimum Gasteiger partial charge on any atom is -0.293 e. The Morgan fingerprint density at radius 3 is 2.15 bits per heavy atom. The van der Waals surface area contributed by atoms with Crippen LogP contribution in [0.25, 0.3) is 0 Å². The maximum Gasteiger partial charge on any atom is 0.0342 e. The summed E-state index contributed by atoms with van der Waals surface area (Å²) < 4.78 is 0. The summed E-state index contributed by atoms with van der Waals surface area (Å²) in [6.45, 7) is 8.76. The minimum absolute atomic E-state index is 1.17. The van der Waals surface area contributed by atoms with Crippen molar-refractivity contribution in [3.63, 3.8) is 0 Å². The van der Waals surface area contributed by atoms with Crippen molar-refractivity contribution in [1.29, 1.82) is 0 Å². The SMILES string of the molecule is CCCC/C(CC)=C(/C)C(C)=NC. The molecule has 0 unspecified atom stereocenters. The van der Waals surface area contributed by atoms with Gasteiger partial charge < -0.3 is 0 Å². The van der Waals surface area contributed by atoms with Crippen LogP contribution in [0, 0.1) is 0 Å². The zero-order valence-corrected chi connectivity index (χ0v) is 9.78. The van der Waals surface area contributed by atoms with Crippen LogP contribution in [0.3, 0.4) is 0 Å². The second-order valence-corrected chi connectivity index (χ2v) is 3.49. The molecular formula is C12H23N. The molecule has 0 aliphatic rings. The van der Waals surface area contributed by atoms with E-state index in [1.165, 1.54) is 37.0 Å². The molecule has 0 aromatic heterocycles. The molecule has 0 spiro atoms. The lowest BCUT2D eigenvalue weighted by molar-refractivity contribution is 0.762. The topological polar surface area (TPSA) is 12.4 Å². The Bertz CT molecular complexity index is 199. The summed E-state index contributed by atoms with van der Waals surface area (Å²) in [6, 6.07) is 0. The first-order chi connectivity index (χ1) is 6.17. The molecule has 0 N–H and O–H groups in total. The average Bonchev–Trinajstić information content (AvgIpc) is 2.17. The van der Waals surface area contributed by atoms with E-state index in [1.54, 1.807) is 5.57 Å². The highest BCUT2D eigenvalue weighted by molar-refractivity contribution is 5.98. The molecule has 0 bridgehead atoms. The second-order valence-electron chi connectivity index (χ2n) is 3.49. The molecular weight excluding hydrogens is 158 g/mol. The van der Waals surface area contributed by atoms with Crippen LogP contribution in [0.4, 0.5) is 0 Å². The Balaban J connectivity index is 4.49. The summed E-state index contributed by atoms with van der Waals surface area (Å²) in [5.74, 6) is 0. The minimum atomic E-state index is 1.17. The number of rotatable bonds is 5.